The molecule has 278 valence electrons. The van der Waals surface area contributed by atoms with Crippen molar-refractivity contribution in [3.8, 4) is 0 Å². The summed E-state index contributed by atoms with van der Waals surface area (Å²) in [5, 5.41) is 7.44. The third kappa shape index (κ3) is 5.89. The minimum atomic E-state index is -9.49. The van der Waals surface area contributed by atoms with Crippen LogP contribution in [0.25, 0.3) is 0 Å². The van der Waals surface area contributed by atoms with E-state index < -0.39 is 84.1 Å². The maximum atomic E-state index is 13.5. The molecule has 1 N–H and O–H groups in total. The first-order valence-corrected chi connectivity index (χ1v) is 9.27. The van der Waals surface area contributed by atoms with Gasteiger partial charge in [0.15, 0.2) is 0 Å². The zero-order valence-corrected chi connectivity index (χ0v) is 19.2. The van der Waals surface area contributed by atoms with E-state index in [-0.39, 0.29) is 0 Å². The molecule has 46 heavy (non-hydrogen) atoms. The molecular weight excluding hydrogens is 767 g/mol. The molecule has 0 aromatic carbocycles. The van der Waals surface area contributed by atoms with Crippen LogP contribution in [0.2, 0.25) is 0 Å². The molecule has 0 unspecified atom stereocenters. The summed E-state index contributed by atoms with van der Waals surface area (Å²) >= 11 is 0. The van der Waals surface area contributed by atoms with Crippen molar-refractivity contribution in [3.63, 3.8) is 0 Å². The molecular formula is C14HF29O3. The second-order valence-electron chi connectivity index (χ2n) is 7.91. The number of halogens is 29. The lowest BCUT2D eigenvalue weighted by molar-refractivity contribution is -0.560. The SMILES string of the molecule is OC(F)(F)C(F)(F)C(F)(F)C(F)(F)C(F)(F)C(F)(F)C(F)(F)C(F)(F)OC(F)(F)C(F)(F)OC(F)(F)C(F)(F)C(F)(F)C(F)(F)F. The van der Waals surface area contributed by atoms with Gasteiger partial charge in [0.05, 0.1) is 0 Å². The van der Waals surface area contributed by atoms with Crippen molar-refractivity contribution in [2.24, 2.45) is 0 Å². The Bertz CT molecular complexity index is 1090. The van der Waals surface area contributed by atoms with Gasteiger partial charge in [-0.2, -0.15) is 127 Å². The van der Waals surface area contributed by atoms with Crippen LogP contribution in [0.3, 0.4) is 0 Å². The Kier molecular flexibility index (Phi) is 10.2. The maximum absolute atomic E-state index is 13.5. The molecule has 0 aliphatic heterocycles. The summed E-state index contributed by atoms with van der Waals surface area (Å²) in [6, 6.07) is 0. The van der Waals surface area contributed by atoms with E-state index in [2.05, 4.69) is 0 Å². The van der Waals surface area contributed by atoms with Crippen LogP contribution in [-0.2, 0) is 9.47 Å². The molecule has 0 rings (SSSR count). The second-order valence-corrected chi connectivity index (χ2v) is 7.91. The summed E-state index contributed by atoms with van der Waals surface area (Å²) in [5.74, 6) is -72.0. The van der Waals surface area contributed by atoms with Crippen LogP contribution in [0.4, 0.5) is 127 Å². The normalized spacial score (nSPS) is 17.1. The molecule has 0 aromatic rings. The summed E-state index contributed by atoms with van der Waals surface area (Å²) in [7, 11) is 0. The van der Waals surface area contributed by atoms with Gasteiger partial charge in [-0.3, -0.25) is 0 Å². The van der Waals surface area contributed by atoms with E-state index in [4.69, 9.17) is 5.11 Å². The fraction of sp³-hybridized carbons (Fsp3) is 1.00. The average molecular weight is 768 g/mol. The first-order valence-electron chi connectivity index (χ1n) is 9.27. The number of alkyl halides is 29. The second kappa shape index (κ2) is 10.7. The van der Waals surface area contributed by atoms with Crippen molar-refractivity contribution in [1.82, 2.24) is 0 Å². The Labute approximate surface area is 227 Å². The minimum absolute atomic E-state index is 0.734. The van der Waals surface area contributed by atoms with Gasteiger partial charge in [0.2, 0.25) is 0 Å². The number of hydrogen-bond donors (Lipinski definition) is 1. The summed E-state index contributed by atoms with van der Waals surface area (Å²) in [6.45, 7) is 0. The van der Waals surface area contributed by atoms with Gasteiger partial charge < -0.3 is 5.11 Å². The quantitative estimate of drug-likeness (QED) is 0.180. The lowest BCUT2D eigenvalue weighted by Crippen LogP contribution is -2.75. The topological polar surface area (TPSA) is 38.7 Å². The molecule has 3 nitrogen and oxygen atoms in total. The fourth-order valence-electron chi connectivity index (χ4n) is 2.09. The molecule has 0 fully saturated rings. The standard InChI is InChI=1S/C14HF29O3/c15-1(16,3(19,20)6(25,26)10(34,35)44)2(17,18)4(21,22)7(27,28)11(36,37)45-13(40,41)14(42,43)46-12(38,39)8(29,30)5(23,24)9(31,32)33/h44H. The molecule has 0 aliphatic rings. The van der Waals surface area contributed by atoms with Crippen LogP contribution in [0.1, 0.15) is 0 Å². The first kappa shape index (κ1) is 43.9. The Morgan fingerprint density at radius 3 is 0.652 bits per heavy atom. The van der Waals surface area contributed by atoms with E-state index in [9.17, 15) is 127 Å². The molecule has 0 heterocycles. The highest BCUT2D eigenvalue weighted by atomic mass is 19.4. The van der Waals surface area contributed by atoms with E-state index in [1.54, 1.807) is 0 Å². The van der Waals surface area contributed by atoms with Crippen molar-refractivity contribution in [2.75, 3.05) is 0 Å². The Hall–Kier alpha value is -2.15. The van der Waals surface area contributed by atoms with Gasteiger partial charge >= 0.3 is 84.1 Å². The summed E-state index contributed by atoms with van der Waals surface area (Å²) in [5.41, 5.74) is 0. The lowest BCUT2D eigenvalue weighted by Gasteiger charge is -2.43. The molecule has 0 aliphatic carbocycles. The lowest BCUT2D eigenvalue weighted by atomic mass is 9.90. The van der Waals surface area contributed by atoms with Crippen molar-refractivity contribution < 1.29 is 142 Å². The van der Waals surface area contributed by atoms with Gasteiger partial charge in [-0.25, -0.2) is 9.47 Å². The van der Waals surface area contributed by atoms with Gasteiger partial charge in [-0.1, -0.05) is 0 Å². The molecule has 0 spiro atoms. The molecule has 0 aromatic heterocycles. The monoisotopic (exact) mass is 768 g/mol. The van der Waals surface area contributed by atoms with Gasteiger partial charge in [0, 0.05) is 0 Å². The molecule has 0 bridgehead atoms. The number of aliphatic hydroxyl groups is 1. The van der Waals surface area contributed by atoms with E-state index in [1.165, 1.54) is 0 Å². The maximum Gasteiger partial charge on any atom is 0.460 e. The highest BCUT2D eigenvalue weighted by Crippen LogP contribution is 2.64. The molecule has 32 heteroatoms. The van der Waals surface area contributed by atoms with Crippen molar-refractivity contribution in [3.05, 3.63) is 0 Å². The number of rotatable bonds is 14. The van der Waals surface area contributed by atoms with Crippen molar-refractivity contribution in [1.29, 1.82) is 0 Å². The predicted molar refractivity (Wildman–Crippen MR) is 74.8 cm³/mol. The van der Waals surface area contributed by atoms with E-state index in [0.717, 1.165) is 9.47 Å². The Balaban J connectivity index is 6.92. The van der Waals surface area contributed by atoms with Gasteiger partial charge in [0.25, 0.3) is 0 Å². The summed E-state index contributed by atoms with van der Waals surface area (Å²) in [4.78, 5) is 0. The van der Waals surface area contributed by atoms with Crippen LogP contribution in [-0.4, -0.2) is 89.2 Å². The van der Waals surface area contributed by atoms with Gasteiger partial charge in [0.1, 0.15) is 0 Å². The van der Waals surface area contributed by atoms with Crippen LogP contribution < -0.4 is 0 Å². The Morgan fingerprint density at radius 2 is 0.435 bits per heavy atom. The van der Waals surface area contributed by atoms with E-state index in [1.807, 2.05) is 0 Å². The molecule has 0 radical (unpaired) electrons. The van der Waals surface area contributed by atoms with E-state index in [0.29, 0.717) is 0 Å². The molecule has 0 saturated carbocycles. The molecule has 0 atom stereocenters. The van der Waals surface area contributed by atoms with Crippen LogP contribution >= 0.6 is 0 Å². The zero-order chi connectivity index (χ0) is 38.4. The third-order valence-corrected chi connectivity index (χ3v) is 4.68. The predicted octanol–water partition coefficient (Wildman–Crippen LogP) is 8.62. The highest BCUT2D eigenvalue weighted by Gasteiger charge is 2.96. The molecule has 0 amide bonds. The van der Waals surface area contributed by atoms with Crippen LogP contribution in [0.15, 0.2) is 0 Å². The third-order valence-electron chi connectivity index (χ3n) is 4.68. The van der Waals surface area contributed by atoms with Gasteiger partial charge in [-0.15, -0.1) is 0 Å². The molecule has 0 saturated heterocycles. The van der Waals surface area contributed by atoms with E-state index >= 15 is 0 Å². The number of hydrogen-bond acceptors (Lipinski definition) is 3. The zero-order valence-electron chi connectivity index (χ0n) is 19.2. The van der Waals surface area contributed by atoms with Crippen molar-refractivity contribution >= 4 is 0 Å². The van der Waals surface area contributed by atoms with Crippen LogP contribution in [0, 0.1) is 0 Å². The van der Waals surface area contributed by atoms with Gasteiger partial charge in [-0.05, 0) is 0 Å². The average Bonchev–Trinajstić information content (AvgIpc) is 2.74. The number of ether oxygens (including phenoxy) is 2. The smallest absolute Gasteiger partial charge is 0.331 e. The largest absolute Gasteiger partial charge is 0.460 e. The first-order chi connectivity index (χ1) is 19.2. The minimum Gasteiger partial charge on any atom is -0.331 e. The van der Waals surface area contributed by atoms with Crippen LogP contribution in [0.5, 0.6) is 0 Å². The van der Waals surface area contributed by atoms with Crippen molar-refractivity contribution in [2.45, 2.75) is 84.1 Å². The summed E-state index contributed by atoms with van der Waals surface area (Å²) < 4.78 is 377. The Morgan fingerprint density at radius 1 is 0.239 bits per heavy atom. The fourth-order valence-corrected chi connectivity index (χ4v) is 2.09. The highest BCUT2D eigenvalue weighted by molar-refractivity contribution is 5.14. The summed E-state index contributed by atoms with van der Waals surface area (Å²) in [6.07, 6.45) is -50.4.